The van der Waals surface area contributed by atoms with E-state index in [0.29, 0.717) is 6.54 Å². The number of carbonyl (C=O) groups is 1. The molecule has 0 spiro atoms. The normalized spacial score (nSPS) is 20.9. The SMILES string of the molecule is O=C(O)C1CCCN(C(c2ccc(Cl)s2)c2ccc(Br)s2)C1. The predicted octanol–water partition coefficient (Wildman–Crippen LogP) is 5.11. The van der Waals surface area contributed by atoms with E-state index in [9.17, 15) is 9.90 Å². The second-order valence-electron chi connectivity index (χ2n) is 5.36. The van der Waals surface area contributed by atoms with E-state index in [2.05, 4.69) is 33.0 Å². The number of likely N-dealkylation sites (tertiary alicyclic amines) is 1. The predicted molar refractivity (Wildman–Crippen MR) is 95.1 cm³/mol. The summed E-state index contributed by atoms with van der Waals surface area (Å²) in [7, 11) is 0. The molecule has 1 saturated heterocycles. The first kappa shape index (κ1) is 16.5. The van der Waals surface area contributed by atoms with E-state index in [1.807, 2.05) is 12.1 Å². The molecule has 2 atom stereocenters. The fourth-order valence-electron chi connectivity index (χ4n) is 2.89. The highest BCUT2D eigenvalue weighted by molar-refractivity contribution is 9.11. The second kappa shape index (κ2) is 7.01. The fraction of sp³-hybridized carbons (Fsp3) is 0.400. The standard InChI is InChI=1S/C15H15BrClNO2S2/c16-12-5-3-10(21-12)14(11-4-6-13(17)22-11)18-7-1-2-9(8-18)15(19)20/h3-6,9,14H,1-2,7-8H2,(H,19,20). The summed E-state index contributed by atoms with van der Waals surface area (Å²) in [6.45, 7) is 1.50. The lowest BCUT2D eigenvalue weighted by atomic mass is 9.96. The van der Waals surface area contributed by atoms with E-state index in [4.69, 9.17) is 11.6 Å². The minimum Gasteiger partial charge on any atom is -0.481 e. The molecular formula is C15H15BrClNO2S2. The zero-order valence-electron chi connectivity index (χ0n) is 11.7. The van der Waals surface area contributed by atoms with Crippen molar-refractivity contribution in [2.75, 3.05) is 13.1 Å². The number of nitrogens with zero attached hydrogens (tertiary/aromatic N) is 1. The van der Waals surface area contributed by atoms with Crippen molar-refractivity contribution >= 4 is 56.2 Å². The smallest absolute Gasteiger partial charge is 0.307 e. The molecular weight excluding hydrogens is 406 g/mol. The molecule has 3 rings (SSSR count). The van der Waals surface area contributed by atoms with Gasteiger partial charge in [0.1, 0.15) is 0 Å². The van der Waals surface area contributed by atoms with Gasteiger partial charge in [-0.25, -0.2) is 0 Å². The maximum atomic E-state index is 11.4. The van der Waals surface area contributed by atoms with Gasteiger partial charge < -0.3 is 5.11 Å². The third-order valence-electron chi connectivity index (χ3n) is 3.89. The highest BCUT2D eigenvalue weighted by Gasteiger charge is 2.32. The first-order valence-corrected chi connectivity index (χ1v) is 9.82. The van der Waals surface area contributed by atoms with Crippen LogP contribution in [0.4, 0.5) is 0 Å². The molecule has 7 heteroatoms. The molecule has 0 saturated carbocycles. The van der Waals surface area contributed by atoms with Crippen LogP contribution in [0, 0.1) is 5.92 Å². The van der Waals surface area contributed by atoms with Crippen LogP contribution in [0.25, 0.3) is 0 Å². The van der Waals surface area contributed by atoms with Crippen molar-refractivity contribution in [3.63, 3.8) is 0 Å². The summed E-state index contributed by atoms with van der Waals surface area (Å²) in [6.07, 6.45) is 1.68. The summed E-state index contributed by atoms with van der Waals surface area (Å²) < 4.78 is 1.85. The molecule has 3 heterocycles. The van der Waals surface area contributed by atoms with Crippen LogP contribution in [-0.4, -0.2) is 29.1 Å². The third kappa shape index (κ3) is 3.57. The van der Waals surface area contributed by atoms with Gasteiger partial charge in [-0.1, -0.05) is 11.6 Å². The molecule has 1 N–H and O–H groups in total. The van der Waals surface area contributed by atoms with Crippen molar-refractivity contribution in [2.24, 2.45) is 5.92 Å². The van der Waals surface area contributed by atoms with Gasteiger partial charge in [0.2, 0.25) is 0 Å². The minimum absolute atomic E-state index is 0.0935. The average molecular weight is 421 g/mol. The van der Waals surface area contributed by atoms with Crippen molar-refractivity contribution in [1.82, 2.24) is 4.90 Å². The van der Waals surface area contributed by atoms with Gasteiger partial charge in [-0.15, -0.1) is 22.7 Å². The number of hydrogen-bond donors (Lipinski definition) is 1. The van der Waals surface area contributed by atoms with Gasteiger partial charge in [-0.2, -0.15) is 0 Å². The third-order valence-corrected chi connectivity index (χ3v) is 6.85. The van der Waals surface area contributed by atoms with Crippen LogP contribution >= 0.6 is 50.2 Å². The van der Waals surface area contributed by atoms with Gasteiger partial charge in [-0.3, -0.25) is 9.69 Å². The second-order valence-corrected chi connectivity index (χ2v) is 9.60. The molecule has 0 aromatic carbocycles. The summed E-state index contributed by atoms with van der Waals surface area (Å²) in [4.78, 5) is 16.0. The first-order chi connectivity index (χ1) is 10.5. The monoisotopic (exact) mass is 419 g/mol. The molecule has 1 aliphatic heterocycles. The Morgan fingerprint density at radius 1 is 1.32 bits per heavy atom. The van der Waals surface area contributed by atoms with Crippen LogP contribution in [0.1, 0.15) is 28.6 Å². The molecule has 2 unspecified atom stereocenters. The number of carboxylic acid groups (broad SMARTS) is 1. The zero-order valence-corrected chi connectivity index (χ0v) is 15.6. The number of halogens is 2. The molecule has 3 nitrogen and oxygen atoms in total. The number of piperidine rings is 1. The zero-order chi connectivity index (χ0) is 15.7. The van der Waals surface area contributed by atoms with Gasteiger partial charge >= 0.3 is 5.97 Å². The van der Waals surface area contributed by atoms with Crippen LogP contribution in [0.15, 0.2) is 28.1 Å². The molecule has 0 bridgehead atoms. The Morgan fingerprint density at radius 2 is 2.05 bits per heavy atom. The molecule has 2 aromatic rings. The van der Waals surface area contributed by atoms with Crippen LogP contribution in [0.3, 0.4) is 0 Å². The number of carboxylic acids is 1. The Morgan fingerprint density at radius 3 is 2.64 bits per heavy atom. The van der Waals surface area contributed by atoms with Gasteiger partial charge in [0.05, 0.1) is 20.1 Å². The molecule has 0 amide bonds. The van der Waals surface area contributed by atoms with Crippen LogP contribution < -0.4 is 0 Å². The fourth-order valence-corrected chi connectivity index (χ4v) is 5.76. The van der Waals surface area contributed by atoms with Gasteiger partial charge in [-0.05, 0) is 59.6 Å². The Labute approximate surface area is 150 Å². The maximum absolute atomic E-state index is 11.4. The summed E-state index contributed by atoms with van der Waals surface area (Å²) in [5.74, 6) is -0.977. The topological polar surface area (TPSA) is 40.5 Å². The largest absolute Gasteiger partial charge is 0.481 e. The Balaban J connectivity index is 1.93. The van der Waals surface area contributed by atoms with E-state index in [1.165, 1.54) is 9.75 Å². The molecule has 2 aromatic heterocycles. The average Bonchev–Trinajstić information content (AvgIpc) is 3.09. The molecule has 0 radical (unpaired) electrons. The highest BCUT2D eigenvalue weighted by Crippen LogP contribution is 2.40. The van der Waals surface area contributed by atoms with E-state index < -0.39 is 5.97 Å². The van der Waals surface area contributed by atoms with Crippen LogP contribution in [0.5, 0.6) is 0 Å². The maximum Gasteiger partial charge on any atom is 0.307 e. The van der Waals surface area contributed by atoms with Crippen molar-refractivity contribution in [1.29, 1.82) is 0 Å². The Hall–Kier alpha value is -0.400. The number of aliphatic carboxylic acids is 1. The van der Waals surface area contributed by atoms with Crippen molar-refractivity contribution < 1.29 is 9.90 Å². The van der Waals surface area contributed by atoms with Crippen LogP contribution in [-0.2, 0) is 4.79 Å². The lowest BCUT2D eigenvalue weighted by molar-refractivity contribution is -0.143. The number of hydrogen-bond acceptors (Lipinski definition) is 4. The molecule has 1 aliphatic rings. The molecule has 118 valence electrons. The summed E-state index contributed by atoms with van der Waals surface area (Å²) in [5, 5.41) is 9.34. The van der Waals surface area contributed by atoms with Crippen molar-refractivity contribution in [2.45, 2.75) is 18.9 Å². The van der Waals surface area contributed by atoms with Crippen LogP contribution in [0.2, 0.25) is 4.34 Å². The lowest BCUT2D eigenvalue weighted by Gasteiger charge is -2.36. The molecule has 22 heavy (non-hydrogen) atoms. The van der Waals surface area contributed by atoms with E-state index in [0.717, 1.165) is 27.5 Å². The van der Waals surface area contributed by atoms with Gasteiger partial charge in [0.25, 0.3) is 0 Å². The summed E-state index contributed by atoms with van der Waals surface area (Å²) in [5.41, 5.74) is 0. The number of rotatable bonds is 4. The van der Waals surface area contributed by atoms with Crippen molar-refractivity contribution in [3.05, 3.63) is 42.1 Å². The quantitative estimate of drug-likeness (QED) is 0.747. The Kier molecular flexibility index (Phi) is 5.24. The van der Waals surface area contributed by atoms with Gasteiger partial charge in [0.15, 0.2) is 0 Å². The lowest BCUT2D eigenvalue weighted by Crippen LogP contribution is -2.40. The van der Waals surface area contributed by atoms with Gasteiger partial charge in [0, 0.05) is 16.3 Å². The minimum atomic E-state index is -0.694. The van der Waals surface area contributed by atoms with E-state index in [1.54, 1.807) is 22.7 Å². The first-order valence-electron chi connectivity index (χ1n) is 7.02. The van der Waals surface area contributed by atoms with Crippen molar-refractivity contribution in [3.8, 4) is 0 Å². The Bertz CT molecular complexity index is 632. The molecule has 1 fully saturated rings. The summed E-state index contributed by atoms with van der Waals surface area (Å²) in [6, 6.07) is 8.21. The summed E-state index contributed by atoms with van der Waals surface area (Å²) >= 11 is 12.9. The van der Waals surface area contributed by atoms with E-state index in [-0.39, 0.29) is 12.0 Å². The number of thiophene rings is 2. The highest BCUT2D eigenvalue weighted by atomic mass is 79.9. The molecule has 0 aliphatic carbocycles. The van der Waals surface area contributed by atoms with E-state index >= 15 is 0 Å².